The van der Waals surface area contributed by atoms with Crippen molar-refractivity contribution >= 4 is 27.5 Å². The van der Waals surface area contributed by atoms with Gasteiger partial charge in [-0.3, -0.25) is 4.79 Å². The van der Waals surface area contributed by atoms with Crippen LogP contribution in [0.2, 0.25) is 0 Å². The van der Waals surface area contributed by atoms with Crippen molar-refractivity contribution in [1.29, 1.82) is 0 Å². The van der Waals surface area contributed by atoms with E-state index in [1.807, 2.05) is 25.1 Å². The molecule has 2 nitrogen and oxygen atoms in total. The molecule has 1 N–H and O–H groups in total. The first-order chi connectivity index (χ1) is 7.17. The smallest absolute Gasteiger partial charge is 0.301 e. The number of hydrogen-bond acceptors (Lipinski definition) is 1. The summed E-state index contributed by atoms with van der Waals surface area (Å²) in [6.45, 7) is 4.14. The third kappa shape index (κ3) is 3.41. The SMILES string of the molecule is CCc1ccc(NC(=O)C#CBr)cc1C. The molecule has 0 unspecified atom stereocenters. The first-order valence-electron chi connectivity index (χ1n) is 4.69. The van der Waals surface area contributed by atoms with Crippen LogP contribution >= 0.6 is 15.9 Å². The number of benzene rings is 1. The van der Waals surface area contributed by atoms with E-state index in [9.17, 15) is 4.79 Å². The van der Waals surface area contributed by atoms with Crippen LogP contribution in [0, 0.1) is 17.7 Å². The highest BCUT2D eigenvalue weighted by atomic mass is 79.9. The molecule has 0 saturated carbocycles. The molecule has 0 aliphatic rings. The molecule has 1 amide bonds. The molecule has 15 heavy (non-hydrogen) atoms. The van der Waals surface area contributed by atoms with Crippen LogP contribution in [0.1, 0.15) is 18.1 Å². The number of hydrogen-bond donors (Lipinski definition) is 1. The molecule has 0 aliphatic heterocycles. The van der Waals surface area contributed by atoms with Gasteiger partial charge in [0.2, 0.25) is 0 Å². The molecule has 1 rings (SSSR count). The van der Waals surface area contributed by atoms with Crippen molar-refractivity contribution in [1.82, 2.24) is 0 Å². The lowest BCUT2D eigenvalue weighted by Crippen LogP contribution is -2.08. The minimum Gasteiger partial charge on any atom is -0.315 e. The van der Waals surface area contributed by atoms with E-state index < -0.39 is 0 Å². The summed E-state index contributed by atoms with van der Waals surface area (Å²) in [4.78, 5) is 13.5. The maximum absolute atomic E-state index is 11.2. The van der Waals surface area contributed by atoms with Gasteiger partial charge in [0.15, 0.2) is 0 Å². The fourth-order valence-electron chi connectivity index (χ4n) is 1.38. The highest BCUT2D eigenvalue weighted by Crippen LogP contribution is 2.15. The molecule has 1 aromatic rings. The minimum absolute atomic E-state index is 0.310. The second kappa shape index (κ2) is 5.57. The Hall–Kier alpha value is -1.27. The Balaban J connectivity index is 2.83. The van der Waals surface area contributed by atoms with Crippen molar-refractivity contribution in [2.45, 2.75) is 20.3 Å². The van der Waals surface area contributed by atoms with Crippen LogP contribution < -0.4 is 5.32 Å². The predicted octanol–water partition coefficient (Wildman–Crippen LogP) is 2.85. The van der Waals surface area contributed by atoms with E-state index in [0.29, 0.717) is 0 Å². The van der Waals surface area contributed by atoms with E-state index in [0.717, 1.165) is 12.1 Å². The normalized spacial score (nSPS) is 9.00. The highest BCUT2D eigenvalue weighted by Gasteiger charge is 2.00. The van der Waals surface area contributed by atoms with E-state index in [1.165, 1.54) is 11.1 Å². The Morgan fingerprint density at radius 1 is 1.53 bits per heavy atom. The topological polar surface area (TPSA) is 29.1 Å². The monoisotopic (exact) mass is 265 g/mol. The van der Waals surface area contributed by atoms with Gasteiger partial charge in [0, 0.05) is 27.5 Å². The van der Waals surface area contributed by atoms with Crippen LogP contribution in [0.25, 0.3) is 0 Å². The first-order valence-corrected chi connectivity index (χ1v) is 5.48. The lowest BCUT2D eigenvalue weighted by Gasteiger charge is -2.06. The molecular weight excluding hydrogens is 254 g/mol. The molecule has 78 valence electrons. The fourth-order valence-corrected chi connectivity index (χ4v) is 1.56. The Morgan fingerprint density at radius 2 is 2.27 bits per heavy atom. The van der Waals surface area contributed by atoms with E-state index >= 15 is 0 Å². The third-order valence-corrected chi connectivity index (χ3v) is 2.34. The number of carbonyl (C=O) groups is 1. The molecule has 0 radical (unpaired) electrons. The number of amides is 1. The second-order valence-corrected chi connectivity index (χ2v) is 3.56. The maximum Gasteiger partial charge on any atom is 0.301 e. The molecule has 3 heteroatoms. The van der Waals surface area contributed by atoms with Crippen LogP contribution in [0.5, 0.6) is 0 Å². The average molecular weight is 266 g/mol. The Kier molecular flexibility index (Phi) is 4.38. The van der Waals surface area contributed by atoms with Crippen molar-refractivity contribution < 1.29 is 4.79 Å². The first kappa shape index (κ1) is 11.8. The van der Waals surface area contributed by atoms with E-state index in [1.54, 1.807) is 0 Å². The van der Waals surface area contributed by atoms with E-state index in [4.69, 9.17) is 0 Å². The van der Waals surface area contributed by atoms with Gasteiger partial charge in [-0.1, -0.05) is 13.0 Å². The standard InChI is InChI=1S/C12H12BrNO/c1-3-10-4-5-11(8-9(10)2)14-12(15)6-7-13/h4-5,8H,3H2,1-2H3,(H,14,15). The van der Waals surface area contributed by atoms with Crippen LogP contribution in [0.15, 0.2) is 18.2 Å². The molecule has 0 atom stereocenters. The van der Waals surface area contributed by atoms with Crippen molar-refractivity contribution in [2.75, 3.05) is 5.32 Å². The zero-order chi connectivity index (χ0) is 11.3. The van der Waals surface area contributed by atoms with Crippen LogP contribution in [-0.4, -0.2) is 5.91 Å². The molecule has 0 bridgehead atoms. The number of nitrogens with one attached hydrogen (secondary N) is 1. The largest absolute Gasteiger partial charge is 0.315 e. The molecule has 0 fully saturated rings. The molecular formula is C12H12BrNO. The van der Waals surface area contributed by atoms with Gasteiger partial charge >= 0.3 is 5.91 Å². The van der Waals surface area contributed by atoms with Crippen molar-refractivity contribution in [3.8, 4) is 10.8 Å². The molecule has 0 aromatic heterocycles. The maximum atomic E-state index is 11.2. The lowest BCUT2D eigenvalue weighted by molar-refractivity contribution is -0.111. The van der Waals surface area contributed by atoms with Gasteiger partial charge in [0.05, 0.1) is 0 Å². The van der Waals surface area contributed by atoms with Crippen molar-refractivity contribution in [2.24, 2.45) is 0 Å². The summed E-state index contributed by atoms with van der Waals surface area (Å²) in [6, 6.07) is 5.86. The van der Waals surface area contributed by atoms with Gasteiger partial charge < -0.3 is 5.32 Å². The molecule has 1 aromatic carbocycles. The van der Waals surface area contributed by atoms with Crippen LogP contribution in [0.3, 0.4) is 0 Å². The fraction of sp³-hybridized carbons (Fsp3) is 0.250. The van der Waals surface area contributed by atoms with Crippen molar-refractivity contribution in [3.63, 3.8) is 0 Å². The van der Waals surface area contributed by atoms with Gasteiger partial charge in [-0.05, 0) is 41.4 Å². The number of carbonyl (C=O) groups excluding carboxylic acids is 1. The quantitative estimate of drug-likeness (QED) is 0.819. The summed E-state index contributed by atoms with van der Waals surface area (Å²) < 4.78 is 0. The molecule has 0 heterocycles. The zero-order valence-electron chi connectivity index (χ0n) is 8.73. The highest BCUT2D eigenvalue weighted by molar-refractivity contribution is 9.12. The van der Waals surface area contributed by atoms with Gasteiger partial charge in [0.25, 0.3) is 0 Å². The van der Waals surface area contributed by atoms with Gasteiger partial charge in [0.1, 0.15) is 0 Å². The van der Waals surface area contributed by atoms with E-state index in [-0.39, 0.29) is 5.91 Å². The zero-order valence-corrected chi connectivity index (χ0v) is 10.3. The lowest BCUT2D eigenvalue weighted by atomic mass is 10.1. The van der Waals surface area contributed by atoms with Crippen LogP contribution in [0.4, 0.5) is 5.69 Å². The summed E-state index contributed by atoms with van der Waals surface area (Å²) in [5.74, 6) is 2.05. The molecule has 0 spiro atoms. The number of rotatable bonds is 2. The molecule has 0 aliphatic carbocycles. The number of aryl methyl sites for hydroxylation is 2. The van der Waals surface area contributed by atoms with Crippen molar-refractivity contribution in [3.05, 3.63) is 29.3 Å². The summed E-state index contributed by atoms with van der Waals surface area (Å²) in [5, 5.41) is 2.69. The Bertz CT molecular complexity index is 429. The Labute approximate surface area is 98.2 Å². The average Bonchev–Trinajstić information content (AvgIpc) is 2.18. The number of halogens is 1. The van der Waals surface area contributed by atoms with Gasteiger partial charge in [-0.2, -0.15) is 0 Å². The molecule has 0 saturated heterocycles. The second-order valence-electron chi connectivity index (χ2n) is 3.17. The third-order valence-electron chi connectivity index (χ3n) is 2.14. The Morgan fingerprint density at radius 3 is 2.80 bits per heavy atom. The van der Waals surface area contributed by atoms with Crippen LogP contribution in [-0.2, 0) is 11.2 Å². The summed E-state index contributed by atoms with van der Waals surface area (Å²) in [6.07, 6.45) is 1.00. The summed E-state index contributed by atoms with van der Waals surface area (Å²) >= 11 is 2.88. The number of anilines is 1. The summed E-state index contributed by atoms with van der Waals surface area (Å²) in [5.41, 5.74) is 3.26. The minimum atomic E-state index is -0.310. The van der Waals surface area contributed by atoms with Gasteiger partial charge in [-0.15, -0.1) is 0 Å². The van der Waals surface area contributed by atoms with E-state index in [2.05, 4.69) is 38.9 Å². The summed E-state index contributed by atoms with van der Waals surface area (Å²) in [7, 11) is 0. The van der Waals surface area contributed by atoms with Gasteiger partial charge in [-0.25, -0.2) is 0 Å². The predicted molar refractivity (Wildman–Crippen MR) is 65.9 cm³/mol.